The number of hydrogen-bond donors (Lipinski definition) is 3. The Balaban J connectivity index is 0.00000156. The number of aromatic amines is 1. The smallest absolute Gasteiger partial charge is 0.244 e. The largest absolute Gasteiger partial charge is 0.361 e. The van der Waals surface area contributed by atoms with E-state index >= 15 is 0 Å². The fourth-order valence-electron chi connectivity index (χ4n) is 5.29. The number of carbonyl (C=O) groups excluding carboxylic acids is 1. The molecule has 5 rings (SSSR count). The molecule has 1 aliphatic heterocycles. The number of rotatable bonds is 8. The van der Waals surface area contributed by atoms with Crippen LogP contribution in [0.4, 0.5) is 5.69 Å². The number of nitrogens with zero attached hydrogens (tertiary/aromatic N) is 1. The molecule has 2 unspecified atom stereocenters. The normalized spacial score (nSPS) is 14.4. The molecule has 2 heterocycles. The lowest BCUT2D eigenvalue weighted by molar-refractivity contribution is -0.121. The van der Waals surface area contributed by atoms with Crippen molar-refractivity contribution in [3.05, 3.63) is 101 Å². The van der Waals surface area contributed by atoms with Crippen LogP contribution in [0.2, 0.25) is 5.02 Å². The van der Waals surface area contributed by atoms with Crippen LogP contribution >= 0.6 is 11.6 Å². The second kappa shape index (κ2) is 12.9. The zero-order chi connectivity index (χ0) is 26.2. The fraction of sp³-hybridized carbons (Fsp3) is 0.323. The van der Waals surface area contributed by atoms with Gasteiger partial charge in [0.1, 0.15) is 0 Å². The molecule has 194 valence electrons. The van der Waals surface area contributed by atoms with Gasteiger partial charge in [0.2, 0.25) is 5.91 Å². The minimum absolute atomic E-state index is 0.00746. The standard InChI is InChI=1S/C30H32ClN3O.CH5N/c1-21(26-20-33-27-14-6-5-13-25(26)27)29(32-17-7-11-22-9-3-2-4-10-22)30(35)34-18-8-12-23-19-24(31)15-16-28(23)34;1-2/h2-6,9-10,13-16,19-21,29,32-33H,7-8,11-12,17-18H2,1H3;2H2,1H3. The first-order chi connectivity index (χ1) is 18.1. The van der Waals surface area contributed by atoms with Crippen LogP contribution in [-0.2, 0) is 17.6 Å². The Labute approximate surface area is 225 Å². The van der Waals surface area contributed by atoms with E-state index in [0.717, 1.165) is 60.6 Å². The van der Waals surface area contributed by atoms with Crippen LogP contribution in [0.25, 0.3) is 10.9 Å². The Morgan fingerprint density at radius 1 is 1.08 bits per heavy atom. The number of aryl methyl sites for hydroxylation is 2. The zero-order valence-electron chi connectivity index (χ0n) is 21.7. The van der Waals surface area contributed by atoms with Crippen molar-refractivity contribution in [1.29, 1.82) is 0 Å². The van der Waals surface area contributed by atoms with Crippen molar-refractivity contribution in [2.75, 3.05) is 25.0 Å². The summed E-state index contributed by atoms with van der Waals surface area (Å²) in [5, 5.41) is 5.55. The van der Waals surface area contributed by atoms with Gasteiger partial charge in [0.25, 0.3) is 0 Å². The number of halogens is 1. The molecule has 0 aliphatic carbocycles. The summed E-state index contributed by atoms with van der Waals surface area (Å²) in [5.74, 6) is 0.138. The maximum absolute atomic E-state index is 14.1. The Bertz CT molecular complexity index is 1300. The number of amides is 1. The highest BCUT2D eigenvalue weighted by atomic mass is 35.5. The van der Waals surface area contributed by atoms with Gasteiger partial charge in [-0.3, -0.25) is 4.79 Å². The summed E-state index contributed by atoms with van der Waals surface area (Å²) in [5.41, 5.74) is 10.2. The number of para-hydroxylation sites is 1. The molecule has 0 fully saturated rings. The van der Waals surface area contributed by atoms with E-state index in [1.165, 1.54) is 23.6 Å². The van der Waals surface area contributed by atoms with Gasteiger partial charge >= 0.3 is 0 Å². The Kier molecular flexibility index (Phi) is 9.40. The van der Waals surface area contributed by atoms with Gasteiger partial charge in [-0.1, -0.05) is 67.1 Å². The fourth-order valence-corrected chi connectivity index (χ4v) is 5.48. The molecule has 4 N–H and O–H groups in total. The van der Waals surface area contributed by atoms with Gasteiger partial charge in [-0.15, -0.1) is 0 Å². The highest BCUT2D eigenvalue weighted by Crippen LogP contribution is 2.33. The third-order valence-electron chi connectivity index (χ3n) is 7.15. The molecule has 0 radical (unpaired) electrons. The van der Waals surface area contributed by atoms with Gasteiger partial charge < -0.3 is 20.9 Å². The second-order valence-electron chi connectivity index (χ2n) is 9.47. The average Bonchev–Trinajstić information content (AvgIpc) is 3.38. The van der Waals surface area contributed by atoms with E-state index in [2.05, 4.69) is 71.6 Å². The summed E-state index contributed by atoms with van der Waals surface area (Å²) >= 11 is 6.26. The van der Waals surface area contributed by atoms with Crippen LogP contribution in [0, 0.1) is 0 Å². The molecule has 1 aliphatic rings. The van der Waals surface area contributed by atoms with Gasteiger partial charge in [0.05, 0.1) is 6.04 Å². The summed E-state index contributed by atoms with van der Waals surface area (Å²) in [7, 11) is 1.50. The number of anilines is 1. The van der Waals surface area contributed by atoms with Crippen LogP contribution in [0.5, 0.6) is 0 Å². The number of hydrogen-bond acceptors (Lipinski definition) is 3. The first-order valence-electron chi connectivity index (χ1n) is 13.1. The van der Waals surface area contributed by atoms with Gasteiger partial charge in [0.15, 0.2) is 0 Å². The molecule has 0 bridgehead atoms. The molecule has 0 saturated heterocycles. The summed E-state index contributed by atoms with van der Waals surface area (Å²) < 4.78 is 0. The Morgan fingerprint density at radius 3 is 2.65 bits per heavy atom. The maximum atomic E-state index is 14.1. The number of aromatic nitrogens is 1. The molecular weight excluding hydrogens is 480 g/mol. The van der Waals surface area contributed by atoms with E-state index in [0.29, 0.717) is 0 Å². The van der Waals surface area contributed by atoms with Gasteiger partial charge in [-0.2, -0.15) is 0 Å². The highest BCUT2D eigenvalue weighted by Gasteiger charge is 2.33. The Hall–Kier alpha value is -3.12. The molecule has 3 aromatic carbocycles. The van der Waals surface area contributed by atoms with E-state index in [1.807, 2.05) is 35.2 Å². The molecule has 6 heteroatoms. The second-order valence-corrected chi connectivity index (χ2v) is 9.90. The molecule has 2 atom stereocenters. The predicted octanol–water partition coefficient (Wildman–Crippen LogP) is 6.07. The van der Waals surface area contributed by atoms with E-state index in [-0.39, 0.29) is 17.9 Å². The molecule has 1 aromatic heterocycles. The molecular formula is C31H37ClN4O. The minimum atomic E-state index is -0.327. The number of nitrogens with one attached hydrogen (secondary N) is 2. The maximum Gasteiger partial charge on any atom is 0.244 e. The topological polar surface area (TPSA) is 74.2 Å². The summed E-state index contributed by atoms with van der Waals surface area (Å²) in [6, 6.07) is 24.4. The molecule has 1 amide bonds. The third-order valence-corrected chi connectivity index (χ3v) is 7.39. The molecule has 0 spiro atoms. The predicted molar refractivity (Wildman–Crippen MR) is 156 cm³/mol. The molecule has 0 saturated carbocycles. The van der Waals surface area contributed by atoms with E-state index in [9.17, 15) is 4.79 Å². The van der Waals surface area contributed by atoms with Crippen molar-refractivity contribution in [3.8, 4) is 0 Å². The number of carbonyl (C=O) groups is 1. The molecule has 5 nitrogen and oxygen atoms in total. The number of benzene rings is 3. The number of fused-ring (bicyclic) bond motifs is 2. The van der Waals surface area contributed by atoms with Crippen molar-refractivity contribution < 1.29 is 4.79 Å². The average molecular weight is 517 g/mol. The van der Waals surface area contributed by atoms with Crippen molar-refractivity contribution in [2.24, 2.45) is 5.73 Å². The van der Waals surface area contributed by atoms with Crippen molar-refractivity contribution in [2.45, 2.75) is 44.6 Å². The Morgan fingerprint density at radius 2 is 1.84 bits per heavy atom. The quantitative estimate of drug-likeness (QED) is 0.249. The van der Waals surface area contributed by atoms with Crippen LogP contribution < -0.4 is 16.0 Å². The van der Waals surface area contributed by atoms with Crippen LogP contribution in [-0.4, -0.2) is 37.1 Å². The lowest BCUT2D eigenvalue weighted by atomic mass is 9.90. The van der Waals surface area contributed by atoms with E-state index < -0.39 is 0 Å². The SMILES string of the molecule is CC(c1c[nH]c2ccccc12)C(NCCCc1ccccc1)C(=O)N1CCCc2cc(Cl)ccc21.CN. The van der Waals surface area contributed by atoms with E-state index in [4.69, 9.17) is 11.6 Å². The first-order valence-corrected chi connectivity index (χ1v) is 13.5. The van der Waals surface area contributed by atoms with Crippen molar-refractivity contribution in [1.82, 2.24) is 10.3 Å². The monoisotopic (exact) mass is 516 g/mol. The summed E-state index contributed by atoms with van der Waals surface area (Å²) in [6.07, 6.45) is 5.92. The lowest BCUT2D eigenvalue weighted by Crippen LogP contribution is -2.51. The molecule has 37 heavy (non-hydrogen) atoms. The van der Waals surface area contributed by atoms with Gasteiger partial charge in [-0.25, -0.2) is 0 Å². The van der Waals surface area contributed by atoms with Gasteiger partial charge in [0, 0.05) is 40.3 Å². The minimum Gasteiger partial charge on any atom is -0.361 e. The first kappa shape index (κ1) is 26.9. The summed E-state index contributed by atoms with van der Waals surface area (Å²) in [6.45, 7) is 3.67. The number of H-pyrrole nitrogens is 1. The lowest BCUT2D eigenvalue weighted by Gasteiger charge is -2.35. The van der Waals surface area contributed by atoms with Gasteiger partial charge in [-0.05, 0) is 80.2 Å². The van der Waals surface area contributed by atoms with Crippen LogP contribution in [0.1, 0.15) is 42.4 Å². The zero-order valence-corrected chi connectivity index (χ0v) is 22.5. The van der Waals surface area contributed by atoms with Crippen LogP contribution in [0.15, 0.2) is 79.0 Å². The third kappa shape index (κ3) is 6.24. The molecule has 4 aromatic rings. The highest BCUT2D eigenvalue weighted by molar-refractivity contribution is 6.30. The van der Waals surface area contributed by atoms with E-state index in [1.54, 1.807) is 0 Å². The number of nitrogens with two attached hydrogens (primary N) is 1. The summed E-state index contributed by atoms with van der Waals surface area (Å²) in [4.78, 5) is 19.5. The van der Waals surface area contributed by atoms with Crippen LogP contribution in [0.3, 0.4) is 0 Å². The van der Waals surface area contributed by atoms with Crippen molar-refractivity contribution >= 4 is 34.1 Å². The van der Waals surface area contributed by atoms with Crippen molar-refractivity contribution in [3.63, 3.8) is 0 Å².